The van der Waals surface area contributed by atoms with Crippen LogP contribution in [-0.2, 0) is 26.2 Å². The third-order valence-corrected chi connectivity index (χ3v) is 8.34. The molecular formula is C31H39N3O6S. The number of benzene rings is 3. The summed E-state index contributed by atoms with van der Waals surface area (Å²) in [5, 5.41) is 2.88. The van der Waals surface area contributed by atoms with Crippen molar-refractivity contribution in [1.29, 1.82) is 0 Å². The predicted octanol–water partition coefficient (Wildman–Crippen LogP) is 4.62. The highest BCUT2D eigenvalue weighted by molar-refractivity contribution is 7.92. The number of para-hydroxylation sites is 1. The van der Waals surface area contributed by atoms with Crippen LogP contribution in [0.4, 0.5) is 5.69 Å². The summed E-state index contributed by atoms with van der Waals surface area (Å²) in [6.45, 7) is 6.07. The Hall–Kier alpha value is -4.05. The average Bonchev–Trinajstić information content (AvgIpc) is 2.99. The summed E-state index contributed by atoms with van der Waals surface area (Å²) in [5.74, 6) is 0.384. The number of nitrogens with zero attached hydrogens (tertiary/aromatic N) is 2. The van der Waals surface area contributed by atoms with Gasteiger partial charge in [-0.25, -0.2) is 8.42 Å². The number of sulfonamides is 1. The number of anilines is 1. The number of rotatable bonds is 15. The third kappa shape index (κ3) is 8.47. The second kappa shape index (κ2) is 15.1. The van der Waals surface area contributed by atoms with E-state index in [1.165, 1.54) is 17.0 Å². The normalized spacial score (nSPS) is 11.8. The molecule has 0 spiro atoms. The molecule has 2 amide bonds. The molecule has 0 aliphatic rings. The Morgan fingerprint density at radius 3 is 2.12 bits per heavy atom. The average molecular weight is 582 g/mol. The van der Waals surface area contributed by atoms with Crippen molar-refractivity contribution >= 4 is 27.5 Å². The highest BCUT2D eigenvalue weighted by atomic mass is 32.2. The minimum absolute atomic E-state index is 0.0182. The van der Waals surface area contributed by atoms with E-state index in [0.717, 1.165) is 22.7 Å². The van der Waals surface area contributed by atoms with Gasteiger partial charge in [0, 0.05) is 13.1 Å². The Morgan fingerprint density at radius 1 is 0.902 bits per heavy atom. The number of carbonyl (C=O) groups is 2. The van der Waals surface area contributed by atoms with Crippen molar-refractivity contribution in [3.05, 3.63) is 84.4 Å². The quantitative estimate of drug-likeness (QED) is 0.263. The number of hydrogen-bond acceptors (Lipinski definition) is 6. The summed E-state index contributed by atoms with van der Waals surface area (Å²) in [7, 11) is -2.58. The Bertz CT molecular complexity index is 1360. The first-order chi connectivity index (χ1) is 19.7. The van der Waals surface area contributed by atoms with Crippen LogP contribution in [0.15, 0.2) is 83.8 Å². The number of unbranched alkanes of at least 4 members (excludes halogenated alkanes) is 1. The van der Waals surface area contributed by atoms with Crippen LogP contribution in [0.1, 0.15) is 39.2 Å². The molecule has 41 heavy (non-hydrogen) atoms. The summed E-state index contributed by atoms with van der Waals surface area (Å²) in [6, 6.07) is 20.9. The van der Waals surface area contributed by atoms with E-state index in [1.807, 2.05) is 26.0 Å². The molecule has 3 aromatic carbocycles. The molecule has 1 N–H and O–H groups in total. The molecule has 9 nitrogen and oxygen atoms in total. The van der Waals surface area contributed by atoms with Gasteiger partial charge in [0.2, 0.25) is 11.8 Å². The van der Waals surface area contributed by atoms with Crippen molar-refractivity contribution in [2.24, 2.45) is 0 Å². The van der Waals surface area contributed by atoms with Crippen LogP contribution in [0.2, 0.25) is 0 Å². The lowest BCUT2D eigenvalue weighted by molar-refractivity contribution is -0.139. The second-order valence-corrected chi connectivity index (χ2v) is 11.3. The first-order valence-electron chi connectivity index (χ1n) is 13.7. The van der Waals surface area contributed by atoms with E-state index in [-0.39, 0.29) is 17.3 Å². The first kappa shape index (κ1) is 31.5. The lowest BCUT2D eigenvalue weighted by Crippen LogP contribution is -2.51. The maximum atomic E-state index is 13.9. The van der Waals surface area contributed by atoms with Crippen molar-refractivity contribution < 1.29 is 27.5 Å². The van der Waals surface area contributed by atoms with Gasteiger partial charge in [0.1, 0.15) is 24.1 Å². The molecule has 0 aliphatic carbocycles. The van der Waals surface area contributed by atoms with E-state index < -0.39 is 28.5 Å². The Labute approximate surface area is 243 Å². The fourth-order valence-corrected chi connectivity index (χ4v) is 5.59. The van der Waals surface area contributed by atoms with E-state index in [2.05, 4.69) is 5.32 Å². The zero-order valence-corrected chi connectivity index (χ0v) is 24.9. The summed E-state index contributed by atoms with van der Waals surface area (Å²) in [6.07, 6.45) is 1.73. The van der Waals surface area contributed by atoms with Crippen LogP contribution in [0, 0.1) is 0 Å². The van der Waals surface area contributed by atoms with E-state index in [1.54, 1.807) is 68.6 Å². The fraction of sp³-hybridized carbons (Fsp3) is 0.355. The van der Waals surface area contributed by atoms with Crippen molar-refractivity contribution in [2.75, 3.05) is 31.1 Å². The van der Waals surface area contributed by atoms with Gasteiger partial charge in [0.05, 0.1) is 24.3 Å². The maximum Gasteiger partial charge on any atom is 0.264 e. The number of methoxy groups -OCH3 is 1. The van der Waals surface area contributed by atoms with Gasteiger partial charge in [-0.3, -0.25) is 13.9 Å². The lowest BCUT2D eigenvalue weighted by Gasteiger charge is -2.32. The van der Waals surface area contributed by atoms with Crippen molar-refractivity contribution in [3.8, 4) is 11.5 Å². The molecule has 1 atom stereocenters. The fourth-order valence-electron chi connectivity index (χ4n) is 4.17. The highest BCUT2D eigenvalue weighted by Crippen LogP contribution is 2.26. The highest BCUT2D eigenvalue weighted by Gasteiger charge is 2.32. The molecule has 0 heterocycles. The van der Waals surface area contributed by atoms with E-state index in [0.29, 0.717) is 30.3 Å². The van der Waals surface area contributed by atoms with Gasteiger partial charge in [-0.15, -0.1) is 0 Å². The van der Waals surface area contributed by atoms with Gasteiger partial charge in [-0.05, 0) is 74.4 Å². The monoisotopic (exact) mass is 581 g/mol. The largest absolute Gasteiger partial charge is 0.497 e. The molecule has 3 rings (SSSR count). The molecule has 0 bridgehead atoms. The molecule has 0 saturated carbocycles. The SMILES string of the molecule is CCCCNC(=O)[C@@H](C)N(Cc1ccc(OC)cc1)C(=O)CN(c1ccccc1)S(=O)(=O)c1ccc(OCC)cc1. The van der Waals surface area contributed by atoms with Crippen LogP contribution in [0.3, 0.4) is 0 Å². The smallest absolute Gasteiger partial charge is 0.264 e. The van der Waals surface area contributed by atoms with E-state index in [9.17, 15) is 18.0 Å². The standard InChI is InChI=1S/C31H39N3O6S/c1-5-7-21-32-31(36)24(3)33(22-25-13-15-27(39-4)16-14-25)30(35)23-34(26-11-9-8-10-12-26)41(37,38)29-19-17-28(18-20-29)40-6-2/h8-20,24H,5-7,21-23H2,1-4H3,(H,32,36)/t24-/m1/s1. The van der Waals surface area contributed by atoms with E-state index >= 15 is 0 Å². The molecule has 0 aromatic heterocycles. The molecule has 0 saturated heterocycles. The molecule has 0 radical (unpaired) electrons. The maximum absolute atomic E-state index is 13.9. The molecule has 0 aliphatic heterocycles. The van der Waals surface area contributed by atoms with Gasteiger partial charge in [0.25, 0.3) is 10.0 Å². The summed E-state index contributed by atoms with van der Waals surface area (Å²) >= 11 is 0. The minimum atomic E-state index is -4.15. The molecular weight excluding hydrogens is 542 g/mol. The van der Waals surface area contributed by atoms with Crippen LogP contribution in [0.25, 0.3) is 0 Å². The van der Waals surface area contributed by atoms with Gasteiger partial charge in [0.15, 0.2) is 0 Å². The predicted molar refractivity (Wildman–Crippen MR) is 160 cm³/mol. The zero-order valence-electron chi connectivity index (χ0n) is 24.1. The molecule has 0 fully saturated rings. The van der Waals surface area contributed by atoms with Gasteiger partial charge < -0.3 is 19.7 Å². The van der Waals surface area contributed by atoms with Crippen molar-refractivity contribution in [1.82, 2.24) is 10.2 Å². The summed E-state index contributed by atoms with van der Waals surface area (Å²) in [5.41, 5.74) is 1.10. The topological polar surface area (TPSA) is 105 Å². The van der Waals surface area contributed by atoms with Gasteiger partial charge >= 0.3 is 0 Å². The third-order valence-electron chi connectivity index (χ3n) is 6.55. The Morgan fingerprint density at radius 2 is 1.54 bits per heavy atom. The Kier molecular flexibility index (Phi) is 11.6. The summed E-state index contributed by atoms with van der Waals surface area (Å²) in [4.78, 5) is 28.4. The minimum Gasteiger partial charge on any atom is -0.497 e. The van der Waals surface area contributed by atoms with Gasteiger partial charge in [-0.2, -0.15) is 0 Å². The second-order valence-electron chi connectivity index (χ2n) is 9.44. The van der Waals surface area contributed by atoms with Crippen LogP contribution >= 0.6 is 0 Å². The lowest BCUT2D eigenvalue weighted by atomic mass is 10.1. The number of amides is 2. The number of ether oxygens (including phenoxy) is 2. The van der Waals surface area contributed by atoms with Gasteiger partial charge in [-0.1, -0.05) is 43.7 Å². The molecule has 220 valence electrons. The number of nitrogens with one attached hydrogen (secondary N) is 1. The van der Waals surface area contributed by atoms with Crippen LogP contribution < -0.4 is 19.1 Å². The van der Waals surface area contributed by atoms with E-state index in [4.69, 9.17) is 9.47 Å². The molecule has 3 aromatic rings. The number of carbonyl (C=O) groups excluding carboxylic acids is 2. The first-order valence-corrected chi connectivity index (χ1v) is 15.2. The van der Waals surface area contributed by atoms with Crippen molar-refractivity contribution in [2.45, 2.75) is 51.1 Å². The van der Waals surface area contributed by atoms with Crippen molar-refractivity contribution in [3.63, 3.8) is 0 Å². The number of hydrogen-bond donors (Lipinski definition) is 1. The zero-order chi connectivity index (χ0) is 29.8. The van der Waals surface area contributed by atoms with Crippen LogP contribution in [-0.4, -0.2) is 58.0 Å². The Balaban J connectivity index is 1.96. The molecule has 0 unspecified atom stereocenters. The molecule has 10 heteroatoms. The van der Waals surface area contributed by atoms with Crippen LogP contribution in [0.5, 0.6) is 11.5 Å². The summed E-state index contributed by atoms with van der Waals surface area (Å²) < 4.78 is 39.5.